The minimum absolute atomic E-state index is 0.124. The van der Waals surface area contributed by atoms with Gasteiger partial charge in [0.25, 0.3) is 0 Å². The van der Waals surface area contributed by atoms with Gasteiger partial charge in [-0.2, -0.15) is 0 Å². The maximum atomic E-state index is 11.9. The molecule has 3 nitrogen and oxygen atoms in total. The molecule has 1 fully saturated rings. The number of rotatable bonds is 2. The van der Waals surface area contributed by atoms with Crippen molar-refractivity contribution in [1.29, 1.82) is 0 Å². The third-order valence-electron chi connectivity index (χ3n) is 3.40. The standard InChI is InChI=1S/C15H19NO2/c1-10-6-7-13(14(17)8-10)16-9-12-5-3-4-11(2)15(12)18/h6-9,11,16-17H,3-5H2,1-2H3/b12-9-/t11-/m1/s1. The molecule has 0 radical (unpaired) electrons. The second kappa shape index (κ2) is 5.25. The molecule has 0 saturated heterocycles. The van der Waals surface area contributed by atoms with E-state index in [2.05, 4.69) is 5.32 Å². The Morgan fingerprint density at radius 3 is 2.94 bits per heavy atom. The summed E-state index contributed by atoms with van der Waals surface area (Å²) in [5.74, 6) is 0.557. The van der Waals surface area contributed by atoms with E-state index in [-0.39, 0.29) is 17.5 Å². The minimum atomic E-state index is 0.124. The Bertz CT molecular complexity index is 491. The van der Waals surface area contributed by atoms with Crippen molar-refractivity contribution in [2.75, 3.05) is 5.32 Å². The maximum absolute atomic E-state index is 11.9. The molecule has 2 N–H and O–H groups in total. The molecule has 1 aromatic rings. The number of benzene rings is 1. The number of aryl methyl sites for hydroxylation is 1. The van der Waals surface area contributed by atoms with E-state index >= 15 is 0 Å². The fourth-order valence-corrected chi connectivity index (χ4v) is 2.24. The van der Waals surface area contributed by atoms with Gasteiger partial charge in [-0.25, -0.2) is 0 Å². The summed E-state index contributed by atoms with van der Waals surface area (Å²) < 4.78 is 0. The van der Waals surface area contributed by atoms with Gasteiger partial charge in [-0.15, -0.1) is 0 Å². The van der Waals surface area contributed by atoms with Gasteiger partial charge in [0.1, 0.15) is 5.75 Å². The molecule has 96 valence electrons. The quantitative estimate of drug-likeness (QED) is 0.620. The number of phenolic OH excluding ortho intramolecular Hbond substituents is 1. The van der Waals surface area contributed by atoms with Crippen LogP contribution in [0.2, 0.25) is 0 Å². The van der Waals surface area contributed by atoms with Crippen LogP contribution < -0.4 is 5.32 Å². The van der Waals surface area contributed by atoms with Crippen LogP contribution in [0.5, 0.6) is 5.75 Å². The summed E-state index contributed by atoms with van der Waals surface area (Å²) in [6.45, 7) is 3.90. The van der Waals surface area contributed by atoms with Crippen LogP contribution in [0.4, 0.5) is 5.69 Å². The Balaban J connectivity index is 2.12. The number of anilines is 1. The molecule has 2 rings (SSSR count). The number of phenols is 1. The van der Waals surface area contributed by atoms with Gasteiger partial charge in [-0.3, -0.25) is 4.79 Å². The van der Waals surface area contributed by atoms with Crippen LogP contribution in [0.15, 0.2) is 30.0 Å². The zero-order chi connectivity index (χ0) is 13.1. The van der Waals surface area contributed by atoms with Crippen molar-refractivity contribution in [3.05, 3.63) is 35.5 Å². The second-order valence-corrected chi connectivity index (χ2v) is 4.99. The summed E-state index contributed by atoms with van der Waals surface area (Å²) in [5, 5.41) is 12.8. The van der Waals surface area contributed by atoms with E-state index in [9.17, 15) is 9.90 Å². The third kappa shape index (κ3) is 2.73. The van der Waals surface area contributed by atoms with E-state index in [0.29, 0.717) is 5.69 Å². The summed E-state index contributed by atoms with van der Waals surface area (Å²) in [6.07, 6.45) is 4.59. The van der Waals surface area contributed by atoms with E-state index < -0.39 is 0 Å². The monoisotopic (exact) mass is 245 g/mol. The van der Waals surface area contributed by atoms with Gasteiger partial charge in [0.15, 0.2) is 5.78 Å². The molecule has 18 heavy (non-hydrogen) atoms. The molecule has 1 atom stereocenters. The molecule has 1 aliphatic rings. The van der Waals surface area contributed by atoms with Crippen molar-refractivity contribution in [1.82, 2.24) is 0 Å². The van der Waals surface area contributed by atoms with Crippen molar-refractivity contribution in [3.8, 4) is 5.75 Å². The van der Waals surface area contributed by atoms with Crippen molar-refractivity contribution in [2.24, 2.45) is 5.92 Å². The molecule has 0 amide bonds. The highest BCUT2D eigenvalue weighted by Gasteiger charge is 2.22. The number of carbonyl (C=O) groups is 1. The van der Waals surface area contributed by atoms with Crippen LogP contribution in [0.1, 0.15) is 31.7 Å². The predicted octanol–water partition coefficient (Wildman–Crippen LogP) is 3.39. The lowest BCUT2D eigenvalue weighted by molar-refractivity contribution is -0.119. The fraction of sp³-hybridized carbons (Fsp3) is 0.400. The lowest BCUT2D eigenvalue weighted by Gasteiger charge is -2.19. The Kier molecular flexibility index (Phi) is 3.70. The zero-order valence-electron chi connectivity index (χ0n) is 10.9. The second-order valence-electron chi connectivity index (χ2n) is 4.99. The molecule has 0 heterocycles. The SMILES string of the molecule is Cc1ccc(N/C=C2/CCC[C@@H](C)C2=O)c(O)c1. The Labute approximate surface area is 108 Å². The molecule has 3 heteroatoms. The van der Waals surface area contributed by atoms with Gasteiger partial charge in [0, 0.05) is 17.7 Å². The van der Waals surface area contributed by atoms with Crippen LogP contribution in [-0.2, 0) is 4.79 Å². The highest BCUT2D eigenvalue weighted by atomic mass is 16.3. The number of allylic oxidation sites excluding steroid dienone is 1. The summed E-state index contributed by atoms with van der Waals surface area (Å²) in [5.41, 5.74) is 2.47. The molecule has 0 spiro atoms. The largest absolute Gasteiger partial charge is 0.506 e. The van der Waals surface area contributed by atoms with Gasteiger partial charge < -0.3 is 10.4 Å². The number of Topliss-reactive ketones (excluding diaryl/α,β-unsaturated/α-hetero) is 1. The highest BCUT2D eigenvalue weighted by Crippen LogP contribution is 2.27. The van der Waals surface area contributed by atoms with Gasteiger partial charge in [-0.05, 0) is 43.9 Å². The number of hydrogen-bond acceptors (Lipinski definition) is 3. The Morgan fingerprint density at radius 1 is 1.44 bits per heavy atom. The summed E-state index contributed by atoms with van der Waals surface area (Å²) in [4.78, 5) is 11.9. The van der Waals surface area contributed by atoms with Crippen LogP contribution in [-0.4, -0.2) is 10.9 Å². The fourth-order valence-electron chi connectivity index (χ4n) is 2.24. The number of aromatic hydroxyl groups is 1. The first-order valence-electron chi connectivity index (χ1n) is 6.37. The zero-order valence-corrected chi connectivity index (χ0v) is 10.9. The number of ketones is 1. The molecule has 1 aromatic carbocycles. The lowest BCUT2D eigenvalue weighted by Crippen LogP contribution is -2.19. The summed E-state index contributed by atoms with van der Waals surface area (Å²) in [7, 11) is 0. The number of hydrogen-bond donors (Lipinski definition) is 2. The molecule has 0 aliphatic heterocycles. The average Bonchev–Trinajstić information content (AvgIpc) is 2.33. The molecule has 0 unspecified atom stereocenters. The smallest absolute Gasteiger partial charge is 0.163 e. The van der Waals surface area contributed by atoms with E-state index in [4.69, 9.17) is 0 Å². The van der Waals surface area contributed by atoms with Crippen LogP contribution in [0.25, 0.3) is 0 Å². The normalized spacial score (nSPS) is 22.2. The predicted molar refractivity (Wildman–Crippen MR) is 72.6 cm³/mol. The average molecular weight is 245 g/mol. The molecule has 0 bridgehead atoms. The van der Waals surface area contributed by atoms with Crippen molar-refractivity contribution in [3.63, 3.8) is 0 Å². The molecular formula is C15H19NO2. The molecule has 1 saturated carbocycles. The van der Waals surface area contributed by atoms with Crippen LogP contribution in [0, 0.1) is 12.8 Å². The van der Waals surface area contributed by atoms with Crippen molar-refractivity contribution in [2.45, 2.75) is 33.1 Å². The van der Waals surface area contributed by atoms with Crippen LogP contribution >= 0.6 is 0 Å². The number of carbonyl (C=O) groups excluding carboxylic acids is 1. The van der Waals surface area contributed by atoms with Gasteiger partial charge >= 0.3 is 0 Å². The first-order chi connectivity index (χ1) is 8.58. The first kappa shape index (κ1) is 12.7. The topological polar surface area (TPSA) is 49.3 Å². The third-order valence-corrected chi connectivity index (χ3v) is 3.40. The van der Waals surface area contributed by atoms with Crippen molar-refractivity contribution >= 4 is 11.5 Å². The van der Waals surface area contributed by atoms with Crippen molar-refractivity contribution < 1.29 is 9.90 Å². The van der Waals surface area contributed by atoms with Gasteiger partial charge in [-0.1, -0.05) is 13.0 Å². The van der Waals surface area contributed by atoms with E-state index in [1.807, 2.05) is 26.0 Å². The van der Waals surface area contributed by atoms with Gasteiger partial charge in [0.2, 0.25) is 0 Å². The molecule has 0 aromatic heterocycles. The van der Waals surface area contributed by atoms with E-state index in [0.717, 1.165) is 30.4 Å². The molecular weight excluding hydrogens is 226 g/mol. The summed E-state index contributed by atoms with van der Waals surface area (Å²) >= 11 is 0. The highest BCUT2D eigenvalue weighted by molar-refractivity contribution is 5.97. The van der Waals surface area contributed by atoms with Crippen LogP contribution in [0.3, 0.4) is 0 Å². The Hall–Kier alpha value is -1.77. The minimum Gasteiger partial charge on any atom is -0.506 e. The molecule has 1 aliphatic carbocycles. The first-order valence-corrected chi connectivity index (χ1v) is 6.37. The summed E-state index contributed by atoms with van der Waals surface area (Å²) in [6, 6.07) is 5.44. The number of nitrogens with one attached hydrogen (secondary N) is 1. The Morgan fingerprint density at radius 2 is 2.22 bits per heavy atom. The van der Waals surface area contributed by atoms with E-state index in [1.54, 1.807) is 12.3 Å². The van der Waals surface area contributed by atoms with Gasteiger partial charge in [0.05, 0.1) is 5.69 Å². The maximum Gasteiger partial charge on any atom is 0.163 e. The van der Waals surface area contributed by atoms with E-state index in [1.165, 1.54) is 0 Å². The lowest BCUT2D eigenvalue weighted by atomic mass is 9.86.